The molecule has 16 heavy (non-hydrogen) atoms. The number of hydrogen-bond donors (Lipinski definition) is 0. The molecule has 1 rings (SSSR count). The summed E-state index contributed by atoms with van der Waals surface area (Å²) in [6.45, 7) is 4.29. The standard InChI is InChI=1S/C13H18BrClO/c1-3-4-10(2)16-13(9-14)11-5-7-12(15)8-6-11/h5-8,10,13H,3-4,9H2,1-2H3. The van der Waals surface area contributed by atoms with Gasteiger partial charge in [0.2, 0.25) is 0 Å². The molecule has 0 aliphatic heterocycles. The fraction of sp³-hybridized carbons (Fsp3) is 0.538. The average molecular weight is 306 g/mol. The average Bonchev–Trinajstić information content (AvgIpc) is 2.27. The first kappa shape index (κ1) is 14.0. The Labute approximate surface area is 111 Å². The van der Waals surface area contributed by atoms with E-state index in [1.165, 1.54) is 5.56 Å². The first-order chi connectivity index (χ1) is 7.67. The van der Waals surface area contributed by atoms with Crippen LogP contribution in [0, 0.1) is 0 Å². The third kappa shape index (κ3) is 4.44. The largest absolute Gasteiger partial charge is 0.370 e. The third-order valence-electron chi connectivity index (χ3n) is 2.47. The molecule has 1 aromatic carbocycles. The van der Waals surface area contributed by atoms with Gasteiger partial charge in [0.1, 0.15) is 0 Å². The van der Waals surface area contributed by atoms with Crippen LogP contribution >= 0.6 is 27.5 Å². The van der Waals surface area contributed by atoms with Crippen molar-refractivity contribution >= 4 is 27.5 Å². The molecule has 90 valence electrons. The van der Waals surface area contributed by atoms with Crippen molar-refractivity contribution in [3.05, 3.63) is 34.9 Å². The number of halogens is 2. The summed E-state index contributed by atoms with van der Waals surface area (Å²) in [5.41, 5.74) is 1.17. The molecule has 0 spiro atoms. The molecule has 0 aliphatic rings. The van der Waals surface area contributed by atoms with Crippen molar-refractivity contribution in [1.82, 2.24) is 0 Å². The highest BCUT2D eigenvalue weighted by Gasteiger charge is 2.13. The zero-order valence-electron chi connectivity index (χ0n) is 9.75. The molecule has 2 atom stereocenters. The topological polar surface area (TPSA) is 9.23 Å². The normalized spacial score (nSPS) is 14.8. The smallest absolute Gasteiger partial charge is 0.0925 e. The lowest BCUT2D eigenvalue weighted by Crippen LogP contribution is -2.14. The van der Waals surface area contributed by atoms with Crippen LogP contribution in [0.25, 0.3) is 0 Å². The van der Waals surface area contributed by atoms with Crippen molar-refractivity contribution < 1.29 is 4.74 Å². The van der Waals surface area contributed by atoms with E-state index in [-0.39, 0.29) is 6.10 Å². The monoisotopic (exact) mass is 304 g/mol. The Bertz CT molecular complexity index is 299. The van der Waals surface area contributed by atoms with Crippen molar-refractivity contribution in [2.45, 2.75) is 38.9 Å². The second-order valence-electron chi connectivity index (χ2n) is 3.93. The van der Waals surface area contributed by atoms with Gasteiger partial charge in [-0.2, -0.15) is 0 Å². The van der Waals surface area contributed by atoms with E-state index in [0.717, 1.165) is 23.2 Å². The number of benzene rings is 1. The van der Waals surface area contributed by atoms with Crippen LogP contribution in [0.4, 0.5) is 0 Å². The van der Waals surface area contributed by atoms with Crippen molar-refractivity contribution in [1.29, 1.82) is 0 Å². The molecule has 0 aliphatic carbocycles. The van der Waals surface area contributed by atoms with E-state index in [1.54, 1.807) is 0 Å². The predicted octanol–water partition coefficient (Wildman–Crippen LogP) is 4.98. The Kier molecular flexibility index (Phi) is 6.40. The summed E-state index contributed by atoms with van der Waals surface area (Å²) in [6.07, 6.45) is 2.65. The lowest BCUT2D eigenvalue weighted by Gasteiger charge is -2.21. The number of rotatable bonds is 6. The van der Waals surface area contributed by atoms with Gasteiger partial charge in [-0.05, 0) is 31.0 Å². The zero-order chi connectivity index (χ0) is 12.0. The van der Waals surface area contributed by atoms with Gasteiger partial charge in [0, 0.05) is 10.4 Å². The van der Waals surface area contributed by atoms with Crippen molar-refractivity contribution in [3.63, 3.8) is 0 Å². The number of hydrogen-bond acceptors (Lipinski definition) is 1. The fourth-order valence-corrected chi connectivity index (χ4v) is 2.29. The van der Waals surface area contributed by atoms with E-state index in [1.807, 2.05) is 24.3 Å². The molecule has 0 radical (unpaired) electrons. The Morgan fingerprint density at radius 2 is 1.94 bits per heavy atom. The Balaban J connectivity index is 2.63. The summed E-state index contributed by atoms with van der Waals surface area (Å²) < 4.78 is 5.98. The quantitative estimate of drug-likeness (QED) is 0.673. The summed E-state index contributed by atoms with van der Waals surface area (Å²) in [5.74, 6) is 0. The first-order valence-electron chi connectivity index (χ1n) is 5.64. The molecule has 0 fully saturated rings. The molecule has 0 saturated heterocycles. The minimum atomic E-state index is 0.110. The lowest BCUT2D eigenvalue weighted by molar-refractivity contribution is 0.00589. The van der Waals surface area contributed by atoms with Gasteiger partial charge in [-0.15, -0.1) is 0 Å². The van der Waals surface area contributed by atoms with E-state index >= 15 is 0 Å². The van der Waals surface area contributed by atoms with Gasteiger partial charge in [0.15, 0.2) is 0 Å². The van der Waals surface area contributed by atoms with Gasteiger partial charge in [-0.1, -0.05) is 53.0 Å². The SMILES string of the molecule is CCCC(C)OC(CBr)c1ccc(Cl)cc1. The van der Waals surface area contributed by atoms with Gasteiger partial charge in [0.05, 0.1) is 12.2 Å². The van der Waals surface area contributed by atoms with Crippen LogP contribution in [0.1, 0.15) is 38.4 Å². The fourth-order valence-electron chi connectivity index (χ4n) is 1.64. The van der Waals surface area contributed by atoms with Crippen molar-refractivity contribution in [3.8, 4) is 0 Å². The highest BCUT2D eigenvalue weighted by molar-refractivity contribution is 9.09. The van der Waals surface area contributed by atoms with Crippen LogP contribution in [-0.2, 0) is 4.74 Å². The lowest BCUT2D eigenvalue weighted by atomic mass is 10.1. The minimum absolute atomic E-state index is 0.110. The Morgan fingerprint density at radius 3 is 2.44 bits per heavy atom. The molecule has 2 unspecified atom stereocenters. The molecule has 0 aromatic heterocycles. The van der Waals surface area contributed by atoms with Crippen molar-refractivity contribution in [2.75, 3.05) is 5.33 Å². The molecule has 0 amide bonds. The number of ether oxygens (including phenoxy) is 1. The molecule has 0 N–H and O–H groups in total. The van der Waals surface area contributed by atoms with Crippen LogP contribution in [0.5, 0.6) is 0 Å². The molecule has 1 nitrogen and oxygen atoms in total. The van der Waals surface area contributed by atoms with Crippen LogP contribution in [0.2, 0.25) is 5.02 Å². The van der Waals surface area contributed by atoms with E-state index in [2.05, 4.69) is 29.8 Å². The van der Waals surface area contributed by atoms with E-state index in [9.17, 15) is 0 Å². The van der Waals surface area contributed by atoms with Gasteiger partial charge in [-0.25, -0.2) is 0 Å². The van der Waals surface area contributed by atoms with E-state index < -0.39 is 0 Å². The Morgan fingerprint density at radius 1 is 1.31 bits per heavy atom. The van der Waals surface area contributed by atoms with Gasteiger partial charge in [0.25, 0.3) is 0 Å². The first-order valence-corrected chi connectivity index (χ1v) is 7.14. The molecule has 0 saturated carbocycles. The molecular formula is C13H18BrClO. The maximum atomic E-state index is 5.98. The van der Waals surface area contributed by atoms with Crippen LogP contribution < -0.4 is 0 Å². The highest BCUT2D eigenvalue weighted by Crippen LogP contribution is 2.24. The maximum absolute atomic E-state index is 5.98. The molecular weight excluding hydrogens is 287 g/mol. The van der Waals surface area contributed by atoms with Gasteiger partial charge >= 0.3 is 0 Å². The second-order valence-corrected chi connectivity index (χ2v) is 5.01. The van der Waals surface area contributed by atoms with Crippen LogP contribution in [0.15, 0.2) is 24.3 Å². The molecule has 0 bridgehead atoms. The minimum Gasteiger partial charge on any atom is -0.370 e. The summed E-state index contributed by atoms with van der Waals surface area (Å²) in [7, 11) is 0. The van der Waals surface area contributed by atoms with E-state index in [0.29, 0.717) is 6.10 Å². The summed E-state index contributed by atoms with van der Waals surface area (Å²) in [4.78, 5) is 0. The predicted molar refractivity (Wildman–Crippen MR) is 73.4 cm³/mol. The van der Waals surface area contributed by atoms with Crippen molar-refractivity contribution in [2.24, 2.45) is 0 Å². The van der Waals surface area contributed by atoms with Crippen LogP contribution in [0.3, 0.4) is 0 Å². The van der Waals surface area contributed by atoms with Gasteiger partial charge < -0.3 is 4.74 Å². The third-order valence-corrected chi connectivity index (χ3v) is 3.31. The molecule has 3 heteroatoms. The van der Waals surface area contributed by atoms with E-state index in [4.69, 9.17) is 16.3 Å². The summed E-state index contributed by atoms with van der Waals surface area (Å²) >= 11 is 9.36. The number of alkyl halides is 1. The summed E-state index contributed by atoms with van der Waals surface area (Å²) in [6, 6.07) is 7.85. The van der Waals surface area contributed by atoms with Crippen LogP contribution in [-0.4, -0.2) is 11.4 Å². The highest BCUT2D eigenvalue weighted by atomic mass is 79.9. The molecule has 0 heterocycles. The zero-order valence-corrected chi connectivity index (χ0v) is 12.1. The summed E-state index contributed by atoms with van der Waals surface area (Å²) in [5, 5.41) is 1.57. The molecule has 1 aromatic rings. The Hall–Kier alpha value is -0.0500. The van der Waals surface area contributed by atoms with Gasteiger partial charge in [-0.3, -0.25) is 0 Å². The second kappa shape index (κ2) is 7.31. The maximum Gasteiger partial charge on any atom is 0.0925 e.